The molecular formula is C32H48N2O5. The predicted molar refractivity (Wildman–Crippen MR) is 157 cm³/mol. The highest BCUT2D eigenvalue weighted by Crippen LogP contribution is 2.29. The smallest absolute Gasteiger partial charge is 0.349 e. The number of phenolic OH excluding ortho intramolecular Hbond substituents is 1. The molecule has 0 aliphatic heterocycles. The van der Waals surface area contributed by atoms with Crippen LogP contribution in [-0.4, -0.2) is 43.3 Å². The molecule has 0 aliphatic carbocycles. The number of hydrogen-bond acceptors (Lipinski definition) is 7. The summed E-state index contributed by atoms with van der Waals surface area (Å²) in [6.07, 6.45) is 10.6. The van der Waals surface area contributed by atoms with Gasteiger partial charge >= 0.3 is 11.9 Å². The first kappa shape index (κ1) is 33.8. The topological polar surface area (TPSA) is 99.9 Å². The maximum Gasteiger partial charge on any atom is 0.349 e. The second-order valence-corrected chi connectivity index (χ2v) is 10.2. The second kappa shape index (κ2) is 18.9. The molecule has 7 heteroatoms. The Morgan fingerprint density at radius 1 is 1.03 bits per heavy atom. The van der Waals surface area contributed by atoms with Gasteiger partial charge in [-0.1, -0.05) is 72.8 Å². The first-order valence-corrected chi connectivity index (χ1v) is 14.4. The highest BCUT2D eigenvalue weighted by Gasteiger charge is 2.18. The molecule has 2 unspecified atom stereocenters. The third-order valence-corrected chi connectivity index (χ3v) is 7.02. The van der Waals surface area contributed by atoms with E-state index in [4.69, 9.17) is 9.47 Å². The molecule has 0 saturated heterocycles. The molecule has 1 aromatic rings. The number of rotatable bonds is 19. The maximum absolute atomic E-state index is 12.4. The maximum atomic E-state index is 12.4. The van der Waals surface area contributed by atoms with Crippen LogP contribution in [0.15, 0.2) is 35.9 Å². The summed E-state index contributed by atoms with van der Waals surface area (Å²) in [5, 5.41) is 20.3. The van der Waals surface area contributed by atoms with E-state index in [1.165, 1.54) is 45.1 Å². The number of unbranched alkanes of at least 4 members (excludes halogenated alkanes) is 1. The van der Waals surface area contributed by atoms with Gasteiger partial charge in [-0.3, -0.25) is 0 Å². The van der Waals surface area contributed by atoms with Crippen molar-refractivity contribution in [3.8, 4) is 11.8 Å². The van der Waals surface area contributed by atoms with E-state index in [0.717, 1.165) is 38.0 Å². The number of esters is 2. The van der Waals surface area contributed by atoms with Gasteiger partial charge in [-0.05, 0) is 49.8 Å². The number of carbonyl (C=O) groups is 2. The van der Waals surface area contributed by atoms with Gasteiger partial charge in [-0.15, -0.1) is 0 Å². The van der Waals surface area contributed by atoms with Crippen molar-refractivity contribution in [2.24, 2.45) is 11.8 Å². The van der Waals surface area contributed by atoms with Crippen LogP contribution in [0.25, 0.3) is 6.08 Å². The van der Waals surface area contributed by atoms with Gasteiger partial charge in [0.1, 0.15) is 30.6 Å². The van der Waals surface area contributed by atoms with Crippen molar-refractivity contribution in [3.05, 3.63) is 41.5 Å². The van der Waals surface area contributed by atoms with E-state index in [-0.39, 0.29) is 30.1 Å². The van der Waals surface area contributed by atoms with Crippen molar-refractivity contribution in [1.29, 1.82) is 5.26 Å². The summed E-state index contributed by atoms with van der Waals surface area (Å²) in [5.74, 6) is -0.176. The monoisotopic (exact) mass is 540 g/mol. The quantitative estimate of drug-likeness (QED) is 0.0857. The van der Waals surface area contributed by atoms with Crippen molar-refractivity contribution >= 4 is 23.7 Å². The van der Waals surface area contributed by atoms with E-state index in [0.29, 0.717) is 17.4 Å². The number of ether oxygens (including phenoxy) is 2. The molecule has 2 atom stereocenters. The summed E-state index contributed by atoms with van der Waals surface area (Å²) >= 11 is 0. The summed E-state index contributed by atoms with van der Waals surface area (Å²) in [6, 6.07) is 7.22. The Balaban J connectivity index is 3.05. The van der Waals surface area contributed by atoms with Crippen molar-refractivity contribution in [1.82, 2.24) is 0 Å². The molecule has 0 heterocycles. The van der Waals surface area contributed by atoms with Crippen LogP contribution in [0.2, 0.25) is 0 Å². The molecule has 0 radical (unpaired) electrons. The minimum atomic E-state index is -0.850. The third-order valence-electron chi connectivity index (χ3n) is 7.02. The van der Waals surface area contributed by atoms with Gasteiger partial charge in [-0.2, -0.15) is 5.26 Å². The van der Waals surface area contributed by atoms with Crippen LogP contribution in [0.4, 0.5) is 5.69 Å². The number of nitriles is 1. The van der Waals surface area contributed by atoms with Gasteiger partial charge in [0.2, 0.25) is 0 Å². The fourth-order valence-electron chi connectivity index (χ4n) is 4.47. The Morgan fingerprint density at radius 2 is 1.69 bits per heavy atom. The zero-order valence-corrected chi connectivity index (χ0v) is 24.6. The van der Waals surface area contributed by atoms with Crippen LogP contribution in [0.1, 0.15) is 91.5 Å². The molecule has 7 nitrogen and oxygen atoms in total. The molecule has 0 amide bonds. The summed E-state index contributed by atoms with van der Waals surface area (Å²) in [7, 11) is 0. The van der Waals surface area contributed by atoms with Crippen molar-refractivity contribution in [3.63, 3.8) is 0 Å². The lowest BCUT2D eigenvalue weighted by Gasteiger charge is -2.31. The number of aromatic hydroxyl groups is 1. The number of anilines is 1. The van der Waals surface area contributed by atoms with Crippen molar-refractivity contribution in [2.45, 2.75) is 86.0 Å². The van der Waals surface area contributed by atoms with Gasteiger partial charge in [-0.25, -0.2) is 9.59 Å². The molecule has 216 valence electrons. The molecule has 0 spiro atoms. The molecule has 0 saturated carbocycles. The summed E-state index contributed by atoms with van der Waals surface area (Å²) in [5.41, 5.74) is 1.29. The highest BCUT2D eigenvalue weighted by molar-refractivity contribution is 5.98. The lowest BCUT2D eigenvalue weighted by Crippen LogP contribution is -2.31. The summed E-state index contributed by atoms with van der Waals surface area (Å²) in [6.45, 7) is 15.5. The van der Waals surface area contributed by atoms with Gasteiger partial charge in [0.15, 0.2) is 0 Å². The fraction of sp³-hybridized carbons (Fsp3) is 0.594. The van der Waals surface area contributed by atoms with Crippen LogP contribution < -0.4 is 4.90 Å². The lowest BCUT2D eigenvalue weighted by molar-refractivity contribution is -0.147. The van der Waals surface area contributed by atoms with Crippen LogP contribution in [0.5, 0.6) is 5.75 Å². The van der Waals surface area contributed by atoms with Gasteiger partial charge in [0.25, 0.3) is 0 Å². The highest BCUT2D eigenvalue weighted by atomic mass is 16.6. The van der Waals surface area contributed by atoms with Crippen LogP contribution in [0.3, 0.4) is 0 Å². The molecule has 0 aromatic heterocycles. The Hall–Kier alpha value is -3.27. The largest absolute Gasteiger partial charge is 0.507 e. The van der Waals surface area contributed by atoms with E-state index in [2.05, 4.69) is 39.2 Å². The minimum absolute atomic E-state index is 0.00403. The zero-order valence-electron chi connectivity index (χ0n) is 24.6. The lowest BCUT2D eigenvalue weighted by atomic mass is 9.95. The number of nitrogens with zero attached hydrogens (tertiary/aromatic N) is 2. The summed E-state index contributed by atoms with van der Waals surface area (Å²) in [4.78, 5) is 26.1. The van der Waals surface area contributed by atoms with Gasteiger partial charge in [0.05, 0.1) is 0 Å². The van der Waals surface area contributed by atoms with Crippen LogP contribution >= 0.6 is 0 Å². The van der Waals surface area contributed by atoms with Crippen LogP contribution in [-0.2, 0) is 19.1 Å². The first-order chi connectivity index (χ1) is 18.7. The van der Waals surface area contributed by atoms with Crippen molar-refractivity contribution in [2.75, 3.05) is 31.2 Å². The molecule has 0 bridgehead atoms. The SMILES string of the molecule is C=C(C)C(=O)OCCOC(=O)C(C#N)=Cc1ccc(N(CCC(CC)CCC)CC(CC)CCCC)cc1O. The van der Waals surface area contributed by atoms with E-state index >= 15 is 0 Å². The zero-order chi connectivity index (χ0) is 29.2. The molecule has 1 N–H and O–H groups in total. The normalized spacial score (nSPS) is 12.8. The Morgan fingerprint density at radius 3 is 2.23 bits per heavy atom. The first-order valence-electron chi connectivity index (χ1n) is 14.4. The van der Waals surface area contributed by atoms with E-state index in [1.807, 2.05) is 12.1 Å². The Labute approximate surface area is 235 Å². The minimum Gasteiger partial charge on any atom is -0.507 e. The van der Waals surface area contributed by atoms with E-state index in [1.54, 1.807) is 12.1 Å². The van der Waals surface area contributed by atoms with Crippen LogP contribution in [0, 0.1) is 23.2 Å². The molecule has 1 aromatic carbocycles. The number of benzene rings is 1. The average Bonchev–Trinajstić information content (AvgIpc) is 2.93. The standard InChI is InChI=1S/C32H48N2O5/c1-7-11-13-26(10-4)23-34(17-16-25(9-3)12-8-2)29-15-14-27(30(35)21-29)20-28(22-33)32(37)39-19-18-38-31(36)24(5)6/h14-15,20-21,25-26,35H,5,7-13,16-19,23H2,1-4,6H3. The molecule has 39 heavy (non-hydrogen) atoms. The molecule has 0 fully saturated rings. The summed E-state index contributed by atoms with van der Waals surface area (Å²) < 4.78 is 9.94. The molecule has 1 rings (SSSR count). The van der Waals surface area contributed by atoms with E-state index in [9.17, 15) is 20.0 Å². The van der Waals surface area contributed by atoms with Gasteiger partial charge < -0.3 is 19.5 Å². The number of hydrogen-bond donors (Lipinski definition) is 1. The predicted octanol–water partition coefficient (Wildman–Crippen LogP) is 7.20. The van der Waals surface area contributed by atoms with Crippen molar-refractivity contribution < 1.29 is 24.2 Å². The Bertz CT molecular complexity index is 995. The van der Waals surface area contributed by atoms with E-state index < -0.39 is 11.9 Å². The fourth-order valence-corrected chi connectivity index (χ4v) is 4.47. The number of carbonyl (C=O) groups excluding carboxylic acids is 2. The number of phenols is 1. The molecule has 0 aliphatic rings. The second-order valence-electron chi connectivity index (χ2n) is 10.2. The third kappa shape index (κ3) is 12.4. The average molecular weight is 541 g/mol. The Kier molecular flexibility index (Phi) is 16.4. The molecular weight excluding hydrogens is 492 g/mol. The van der Waals surface area contributed by atoms with Gasteiger partial charge in [0, 0.05) is 36.0 Å².